The predicted octanol–water partition coefficient (Wildman–Crippen LogP) is 4.49. The molecule has 2 aromatic carbocycles. The van der Waals surface area contributed by atoms with Crippen molar-refractivity contribution < 1.29 is 0 Å². The van der Waals surface area contributed by atoms with Gasteiger partial charge in [0, 0.05) is 24.3 Å². The lowest BCUT2D eigenvalue weighted by molar-refractivity contribution is 0.525. The van der Waals surface area contributed by atoms with Crippen LogP contribution >= 0.6 is 11.9 Å². The van der Waals surface area contributed by atoms with Gasteiger partial charge in [-0.1, -0.05) is 74.3 Å². The first-order valence-electron chi connectivity index (χ1n) is 7.63. The second-order valence-electron chi connectivity index (χ2n) is 4.74. The second kappa shape index (κ2) is 9.28. The summed E-state index contributed by atoms with van der Waals surface area (Å²) in [5, 5.41) is 3.42. The SMILES string of the molecule is CCN(CC)SCN=C(Nc1ccccc1)c1ccccc1. The van der Waals surface area contributed by atoms with Crippen molar-refractivity contribution in [2.45, 2.75) is 13.8 Å². The molecule has 2 aromatic rings. The summed E-state index contributed by atoms with van der Waals surface area (Å²) in [6.45, 7) is 6.40. The zero-order valence-electron chi connectivity index (χ0n) is 13.2. The van der Waals surface area contributed by atoms with Gasteiger partial charge in [-0.3, -0.25) is 4.99 Å². The summed E-state index contributed by atoms with van der Waals surface area (Å²) in [6, 6.07) is 20.4. The first-order chi connectivity index (χ1) is 10.8. The van der Waals surface area contributed by atoms with Crippen LogP contribution in [-0.2, 0) is 0 Å². The summed E-state index contributed by atoms with van der Waals surface area (Å²) < 4.78 is 2.30. The number of nitrogens with one attached hydrogen (secondary N) is 1. The van der Waals surface area contributed by atoms with Crippen molar-refractivity contribution in [3.63, 3.8) is 0 Å². The van der Waals surface area contributed by atoms with Gasteiger partial charge >= 0.3 is 0 Å². The number of hydrogen-bond acceptors (Lipinski definition) is 3. The van der Waals surface area contributed by atoms with E-state index in [2.05, 4.69) is 47.7 Å². The first-order valence-corrected chi connectivity index (χ1v) is 8.57. The van der Waals surface area contributed by atoms with E-state index in [4.69, 9.17) is 4.99 Å². The van der Waals surface area contributed by atoms with E-state index >= 15 is 0 Å². The molecule has 0 aliphatic rings. The van der Waals surface area contributed by atoms with Gasteiger partial charge in [-0.05, 0) is 12.1 Å². The van der Waals surface area contributed by atoms with E-state index in [1.165, 1.54) is 0 Å². The van der Waals surface area contributed by atoms with Crippen molar-refractivity contribution in [3.05, 3.63) is 66.2 Å². The highest BCUT2D eigenvalue weighted by Crippen LogP contribution is 2.13. The third-order valence-electron chi connectivity index (χ3n) is 3.25. The molecule has 3 nitrogen and oxygen atoms in total. The Morgan fingerprint density at radius 1 is 0.955 bits per heavy atom. The first kappa shape index (κ1) is 16.6. The Bertz CT molecular complexity index is 565. The summed E-state index contributed by atoms with van der Waals surface area (Å²) >= 11 is 1.76. The molecule has 0 aliphatic heterocycles. The van der Waals surface area contributed by atoms with Gasteiger partial charge in [-0.2, -0.15) is 0 Å². The molecule has 116 valence electrons. The normalized spacial score (nSPS) is 11.7. The van der Waals surface area contributed by atoms with Crippen molar-refractivity contribution in [1.29, 1.82) is 0 Å². The molecular formula is C18H23N3S. The van der Waals surface area contributed by atoms with E-state index in [0.29, 0.717) is 5.88 Å². The van der Waals surface area contributed by atoms with Crippen molar-refractivity contribution in [1.82, 2.24) is 4.31 Å². The summed E-state index contributed by atoms with van der Waals surface area (Å²) in [5.74, 6) is 1.62. The van der Waals surface area contributed by atoms with Gasteiger partial charge in [0.15, 0.2) is 0 Å². The Morgan fingerprint density at radius 3 is 2.14 bits per heavy atom. The minimum atomic E-state index is 0.714. The van der Waals surface area contributed by atoms with Crippen LogP contribution in [0.15, 0.2) is 65.7 Å². The molecule has 2 rings (SSSR count). The van der Waals surface area contributed by atoms with E-state index in [1.807, 2.05) is 36.4 Å². The van der Waals surface area contributed by atoms with Crippen molar-refractivity contribution in [3.8, 4) is 0 Å². The molecule has 4 heteroatoms. The summed E-state index contributed by atoms with van der Waals surface area (Å²) in [6.07, 6.45) is 0. The van der Waals surface area contributed by atoms with Crippen LogP contribution in [0, 0.1) is 0 Å². The van der Waals surface area contributed by atoms with E-state index in [1.54, 1.807) is 11.9 Å². The molecule has 0 saturated heterocycles. The molecular weight excluding hydrogens is 290 g/mol. The largest absolute Gasteiger partial charge is 0.340 e. The molecule has 0 bridgehead atoms. The monoisotopic (exact) mass is 313 g/mol. The topological polar surface area (TPSA) is 27.6 Å². The van der Waals surface area contributed by atoms with Crippen LogP contribution in [0.3, 0.4) is 0 Å². The Kier molecular flexibility index (Phi) is 7.00. The minimum absolute atomic E-state index is 0.714. The molecule has 0 radical (unpaired) electrons. The van der Waals surface area contributed by atoms with E-state index in [-0.39, 0.29) is 0 Å². The second-order valence-corrected chi connectivity index (χ2v) is 5.77. The number of benzene rings is 2. The third kappa shape index (κ3) is 5.20. The smallest absolute Gasteiger partial charge is 0.133 e. The van der Waals surface area contributed by atoms with E-state index in [9.17, 15) is 0 Å². The van der Waals surface area contributed by atoms with Gasteiger partial charge in [-0.25, -0.2) is 4.31 Å². The van der Waals surface area contributed by atoms with Crippen LogP contribution in [0.1, 0.15) is 19.4 Å². The number of aliphatic imine (C=N–C) groups is 1. The fourth-order valence-electron chi connectivity index (χ4n) is 2.04. The molecule has 0 amide bonds. The number of amidine groups is 1. The number of anilines is 1. The maximum atomic E-state index is 4.75. The number of hydrogen-bond donors (Lipinski definition) is 1. The van der Waals surface area contributed by atoms with Gasteiger partial charge in [0.2, 0.25) is 0 Å². The standard InChI is InChI=1S/C18H23N3S/c1-3-21(4-2)22-15-19-18(16-11-7-5-8-12-16)20-17-13-9-6-10-14-17/h5-14H,3-4,15H2,1-2H3,(H,19,20). The lowest BCUT2D eigenvalue weighted by atomic mass is 10.2. The molecule has 0 atom stereocenters. The molecule has 0 spiro atoms. The highest BCUT2D eigenvalue weighted by Gasteiger charge is 2.04. The maximum Gasteiger partial charge on any atom is 0.133 e. The average molecular weight is 313 g/mol. The van der Waals surface area contributed by atoms with Crippen LogP contribution < -0.4 is 5.32 Å². The number of rotatable bonds is 7. The molecule has 1 N–H and O–H groups in total. The highest BCUT2D eigenvalue weighted by molar-refractivity contribution is 7.97. The molecule has 0 aliphatic carbocycles. The van der Waals surface area contributed by atoms with Crippen LogP contribution in [0.5, 0.6) is 0 Å². The summed E-state index contributed by atoms with van der Waals surface area (Å²) in [7, 11) is 0. The minimum Gasteiger partial charge on any atom is -0.340 e. The lowest BCUT2D eigenvalue weighted by Gasteiger charge is -2.16. The number of nitrogens with zero attached hydrogens (tertiary/aromatic N) is 2. The average Bonchev–Trinajstić information content (AvgIpc) is 2.59. The molecule has 0 unspecified atom stereocenters. The third-order valence-corrected chi connectivity index (χ3v) is 4.38. The van der Waals surface area contributed by atoms with Crippen LogP contribution in [0.2, 0.25) is 0 Å². The van der Waals surface area contributed by atoms with Crippen molar-refractivity contribution in [2.24, 2.45) is 4.99 Å². The molecule has 22 heavy (non-hydrogen) atoms. The number of para-hydroxylation sites is 1. The Balaban J connectivity index is 2.11. The fourth-order valence-corrected chi connectivity index (χ4v) is 2.75. The van der Waals surface area contributed by atoms with Crippen LogP contribution in [0.25, 0.3) is 0 Å². The van der Waals surface area contributed by atoms with Gasteiger partial charge in [0.05, 0.1) is 0 Å². The Hall–Kier alpha value is -1.78. The fraction of sp³-hybridized carbons (Fsp3) is 0.278. The van der Waals surface area contributed by atoms with Gasteiger partial charge in [-0.15, -0.1) is 0 Å². The van der Waals surface area contributed by atoms with Gasteiger partial charge in [0.1, 0.15) is 11.7 Å². The van der Waals surface area contributed by atoms with Crippen molar-refractivity contribution in [2.75, 3.05) is 24.3 Å². The lowest BCUT2D eigenvalue weighted by Crippen LogP contribution is -2.17. The van der Waals surface area contributed by atoms with Gasteiger partial charge < -0.3 is 5.32 Å². The zero-order chi connectivity index (χ0) is 15.6. The summed E-state index contributed by atoms with van der Waals surface area (Å²) in [4.78, 5) is 4.75. The molecule has 0 saturated carbocycles. The van der Waals surface area contributed by atoms with Gasteiger partial charge in [0.25, 0.3) is 0 Å². The molecule has 0 aromatic heterocycles. The summed E-state index contributed by atoms with van der Waals surface area (Å²) in [5.41, 5.74) is 2.16. The highest BCUT2D eigenvalue weighted by atomic mass is 32.2. The Labute approximate surface area is 137 Å². The molecule has 0 fully saturated rings. The van der Waals surface area contributed by atoms with Crippen LogP contribution in [-0.4, -0.2) is 29.1 Å². The van der Waals surface area contributed by atoms with Crippen molar-refractivity contribution >= 4 is 23.5 Å². The van der Waals surface area contributed by atoms with Crippen LogP contribution in [0.4, 0.5) is 5.69 Å². The zero-order valence-corrected chi connectivity index (χ0v) is 14.0. The Morgan fingerprint density at radius 2 is 1.55 bits per heavy atom. The molecule has 0 heterocycles. The quantitative estimate of drug-likeness (QED) is 0.463. The maximum absolute atomic E-state index is 4.75. The van der Waals surface area contributed by atoms with E-state index in [0.717, 1.165) is 30.2 Å². The van der Waals surface area contributed by atoms with E-state index < -0.39 is 0 Å². The predicted molar refractivity (Wildman–Crippen MR) is 98.4 cm³/mol.